The number of nitrogens with zero attached hydrogens (tertiary/aromatic N) is 1. The molecule has 1 rings (SSSR count). The fourth-order valence-corrected chi connectivity index (χ4v) is 2.55. The van der Waals surface area contributed by atoms with Crippen molar-refractivity contribution in [1.82, 2.24) is 15.5 Å². The summed E-state index contributed by atoms with van der Waals surface area (Å²) in [6, 6.07) is 9.40. The minimum absolute atomic E-state index is 0.0505. The van der Waals surface area contributed by atoms with Crippen LogP contribution in [0.3, 0.4) is 0 Å². The number of hydrogen-bond donors (Lipinski definition) is 2. The summed E-state index contributed by atoms with van der Waals surface area (Å²) in [6.45, 7) is 9.61. The van der Waals surface area contributed by atoms with Gasteiger partial charge in [0.2, 0.25) is 5.91 Å². The molecule has 0 aliphatic carbocycles. The van der Waals surface area contributed by atoms with Gasteiger partial charge in [-0.2, -0.15) is 0 Å². The zero-order chi connectivity index (χ0) is 19.9. The maximum atomic E-state index is 12.6. The number of benzene rings is 1. The van der Waals surface area contributed by atoms with E-state index in [-0.39, 0.29) is 17.9 Å². The van der Waals surface area contributed by atoms with Crippen LogP contribution in [0.1, 0.15) is 46.2 Å². The van der Waals surface area contributed by atoms with Gasteiger partial charge in [0.15, 0.2) is 0 Å². The maximum absolute atomic E-state index is 12.6. The number of carbonyl (C=O) groups excluding carboxylic acids is 2. The standard InChI is InChI=1S/C20H33N3O3/c1-14(2)17(22-19(25)26-20(3,4)5)18(24)21-13-16(23(6)7)15-11-9-8-10-12-15/h8-12,14,16-17H,13H2,1-7H3,(H,21,24)(H,22,25). The van der Waals surface area contributed by atoms with Crippen molar-refractivity contribution in [2.45, 2.75) is 52.3 Å². The molecule has 0 fully saturated rings. The molecule has 1 aromatic carbocycles. The summed E-state index contributed by atoms with van der Waals surface area (Å²) in [6.07, 6.45) is -0.585. The number of rotatable bonds is 7. The summed E-state index contributed by atoms with van der Waals surface area (Å²) in [4.78, 5) is 26.7. The number of hydrogen-bond acceptors (Lipinski definition) is 4. The molecule has 146 valence electrons. The number of amides is 2. The van der Waals surface area contributed by atoms with Crippen molar-refractivity contribution in [3.63, 3.8) is 0 Å². The highest BCUT2D eigenvalue weighted by atomic mass is 16.6. The lowest BCUT2D eigenvalue weighted by Crippen LogP contribution is -2.51. The minimum Gasteiger partial charge on any atom is -0.444 e. The highest BCUT2D eigenvalue weighted by Gasteiger charge is 2.27. The van der Waals surface area contributed by atoms with E-state index in [2.05, 4.69) is 15.5 Å². The van der Waals surface area contributed by atoms with E-state index < -0.39 is 17.7 Å². The van der Waals surface area contributed by atoms with Gasteiger partial charge in [0.05, 0.1) is 6.04 Å². The summed E-state index contributed by atoms with van der Waals surface area (Å²) in [5, 5.41) is 5.64. The van der Waals surface area contributed by atoms with Gasteiger partial charge in [-0.25, -0.2) is 4.79 Å². The summed E-state index contributed by atoms with van der Waals surface area (Å²) < 4.78 is 5.26. The van der Waals surface area contributed by atoms with Gasteiger partial charge in [0.25, 0.3) is 0 Å². The van der Waals surface area contributed by atoms with Crippen LogP contribution < -0.4 is 10.6 Å². The van der Waals surface area contributed by atoms with Crippen LogP contribution in [-0.2, 0) is 9.53 Å². The molecular formula is C20H33N3O3. The third-order valence-corrected chi connectivity index (χ3v) is 3.90. The first-order valence-corrected chi connectivity index (χ1v) is 9.00. The largest absolute Gasteiger partial charge is 0.444 e. The lowest BCUT2D eigenvalue weighted by molar-refractivity contribution is -0.124. The Kier molecular flexibility index (Phi) is 8.08. The Morgan fingerprint density at radius 2 is 1.69 bits per heavy atom. The smallest absolute Gasteiger partial charge is 0.408 e. The lowest BCUT2D eigenvalue weighted by Gasteiger charge is -2.28. The molecular weight excluding hydrogens is 330 g/mol. The van der Waals surface area contributed by atoms with Crippen LogP contribution in [0.25, 0.3) is 0 Å². The average molecular weight is 364 g/mol. The van der Waals surface area contributed by atoms with E-state index in [9.17, 15) is 9.59 Å². The van der Waals surface area contributed by atoms with Crippen molar-refractivity contribution in [2.24, 2.45) is 5.92 Å². The molecule has 0 bridgehead atoms. The molecule has 0 aromatic heterocycles. The Bertz CT molecular complexity index is 580. The van der Waals surface area contributed by atoms with Crippen LogP contribution in [-0.4, -0.2) is 49.2 Å². The first kappa shape index (κ1) is 22.0. The molecule has 2 unspecified atom stereocenters. The van der Waals surface area contributed by atoms with Crippen LogP contribution in [0.2, 0.25) is 0 Å². The highest BCUT2D eigenvalue weighted by molar-refractivity contribution is 5.85. The van der Waals surface area contributed by atoms with Crippen molar-refractivity contribution >= 4 is 12.0 Å². The van der Waals surface area contributed by atoms with Crippen molar-refractivity contribution in [3.8, 4) is 0 Å². The lowest BCUT2D eigenvalue weighted by atomic mass is 10.0. The molecule has 2 atom stereocenters. The molecule has 2 amide bonds. The van der Waals surface area contributed by atoms with Gasteiger partial charge in [0, 0.05) is 6.54 Å². The van der Waals surface area contributed by atoms with Crippen molar-refractivity contribution in [2.75, 3.05) is 20.6 Å². The predicted molar refractivity (Wildman–Crippen MR) is 104 cm³/mol. The van der Waals surface area contributed by atoms with Gasteiger partial charge >= 0.3 is 6.09 Å². The fraction of sp³-hybridized carbons (Fsp3) is 0.600. The highest BCUT2D eigenvalue weighted by Crippen LogP contribution is 2.17. The Labute approximate surface area is 157 Å². The second-order valence-electron chi connectivity index (χ2n) is 8.00. The molecule has 0 saturated carbocycles. The molecule has 0 spiro atoms. The van der Waals surface area contributed by atoms with Gasteiger partial charge in [0.1, 0.15) is 11.6 Å². The first-order chi connectivity index (χ1) is 12.0. The van der Waals surface area contributed by atoms with Crippen LogP contribution in [0.5, 0.6) is 0 Å². The van der Waals surface area contributed by atoms with Crippen LogP contribution in [0.15, 0.2) is 30.3 Å². The van der Waals surface area contributed by atoms with Gasteiger partial charge in [-0.05, 0) is 46.3 Å². The van der Waals surface area contributed by atoms with E-state index in [1.54, 1.807) is 20.8 Å². The average Bonchev–Trinajstić information content (AvgIpc) is 2.51. The van der Waals surface area contributed by atoms with E-state index in [1.165, 1.54) is 0 Å². The minimum atomic E-state index is -0.650. The normalized spacial score (nSPS) is 14.0. The third-order valence-electron chi connectivity index (χ3n) is 3.90. The van der Waals surface area contributed by atoms with Crippen molar-refractivity contribution < 1.29 is 14.3 Å². The van der Waals surface area contributed by atoms with Crippen LogP contribution in [0.4, 0.5) is 4.79 Å². The molecule has 0 aliphatic heterocycles. The zero-order valence-corrected chi connectivity index (χ0v) is 17.0. The third kappa shape index (κ3) is 7.44. The molecule has 26 heavy (non-hydrogen) atoms. The van der Waals surface area contributed by atoms with E-state index in [0.717, 1.165) is 5.56 Å². The quantitative estimate of drug-likeness (QED) is 0.781. The van der Waals surface area contributed by atoms with Crippen LogP contribution in [0, 0.1) is 5.92 Å². The van der Waals surface area contributed by atoms with E-state index in [1.807, 2.05) is 58.3 Å². The molecule has 0 heterocycles. The summed E-state index contributed by atoms with van der Waals surface area (Å²) >= 11 is 0. The Hall–Kier alpha value is -2.08. The summed E-state index contributed by atoms with van der Waals surface area (Å²) in [5.41, 5.74) is 0.518. The molecule has 6 heteroatoms. The number of likely N-dealkylation sites (N-methyl/N-ethyl adjacent to an activating group) is 1. The SMILES string of the molecule is CC(C)C(NC(=O)OC(C)(C)C)C(=O)NCC(c1ccccc1)N(C)C. The second kappa shape index (κ2) is 9.57. The fourth-order valence-electron chi connectivity index (χ4n) is 2.55. The van der Waals surface area contributed by atoms with E-state index in [4.69, 9.17) is 4.74 Å². The molecule has 0 radical (unpaired) electrons. The summed E-state index contributed by atoms with van der Waals surface area (Å²) in [7, 11) is 3.95. The van der Waals surface area contributed by atoms with Crippen LogP contribution >= 0.6 is 0 Å². The molecule has 1 aromatic rings. The van der Waals surface area contributed by atoms with E-state index in [0.29, 0.717) is 6.54 Å². The topological polar surface area (TPSA) is 70.7 Å². The number of nitrogens with one attached hydrogen (secondary N) is 2. The molecule has 0 aliphatic rings. The maximum Gasteiger partial charge on any atom is 0.408 e. The van der Waals surface area contributed by atoms with Crippen molar-refractivity contribution in [3.05, 3.63) is 35.9 Å². The van der Waals surface area contributed by atoms with Gasteiger partial charge < -0.3 is 20.3 Å². The summed E-state index contributed by atoms with van der Waals surface area (Å²) in [5.74, 6) is -0.273. The molecule has 2 N–H and O–H groups in total. The number of ether oxygens (including phenoxy) is 1. The zero-order valence-electron chi connectivity index (χ0n) is 17.0. The number of carbonyl (C=O) groups is 2. The Balaban J connectivity index is 2.73. The van der Waals surface area contributed by atoms with Gasteiger partial charge in [-0.1, -0.05) is 44.2 Å². The van der Waals surface area contributed by atoms with Crippen molar-refractivity contribution in [1.29, 1.82) is 0 Å². The monoisotopic (exact) mass is 363 g/mol. The first-order valence-electron chi connectivity index (χ1n) is 9.00. The van der Waals surface area contributed by atoms with Gasteiger partial charge in [-0.3, -0.25) is 4.79 Å². The molecule has 0 saturated heterocycles. The van der Waals surface area contributed by atoms with Gasteiger partial charge in [-0.15, -0.1) is 0 Å². The Morgan fingerprint density at radius 3 is 2.15 bits per heavy atom. The Morgan fingerprint density at radius 1 is 1.12 bits per heavy atom. The molecule has 6 nitrogen and oxygen atoms in total. The predicted octanol–water partition coefficient (Wildman–Crippen LogP) is 2.95. The number of alkyl carbamates (subject to hydrolysis) is 1. The second-order valence-corrected chi connectivity index (χ2v) is 8.00. The van der Waals surface area contributed by atoms with E-state index >= 15 is 0 Å².